The third-order valence-corrected chi connectivity index (χ3v) is 14.4. The summed E-state index contributed by atoms with van der Waals surface area (Å²) in [5.41, 5.74) is 3.52. The third-order valence-electron chi connectivity index (χ3n) is 14.4. The molecular formula is C58H75FN2O7. The van der Waals surface area contributed by atoms with Crippen molar-refractivity contribution in [3.05, 3.63) is 126 Å². The zero-order chi connectivity index (χ0) is 47.7. The van der Waals surface area contributed by atoms with Crippen LogP contribution in [-0.2, 0) is 20.9 Å². The van der Waals surface area contributed by atoms with Crippen LogP contribution in [-0.4, -0.2) is 65.0 Å². The van der Waals surface area contributed by atoms with Crippen molar-refractivity contribution in [1.82, 2.24) is 4.90 Å². The molecule has 0 bridgehead atoms. The summed E-state index contributed by atoms with van der Waals surface area (Å²) in [6.45, 7) is 9.20. The number of hydrogen-bond acceptors (Lipinski definition) is 8. The molecule has 0 aromatic heterocycles. The molecule has 2 N–H and O–H groups in total. The molecule has 366 valence electrons. The number of amides is 1. The van der Waals surface area contributed by atoms with Crippen LogP contribution >= 0.6 is 0 Å². The molecule has 4 aromatic rings. The Kier molecular flexibility index (Phi) is 19.1. The minimum atomic E-state index is -1.40. The van der Waals surface area contributed by atoms with Crippen molar-refractivity contribution < 1.29 is 38.4 Å². The molecule has 6 atom stereocenters. The number of allylic oxidation sites excluding steroid dienone is 1. The van der Waals surface area contributed by atoms with Gasteiger partial charge in [-0.05, 0) is 115 Å². The molecule has 2 aliphatic carbocycles. The lowest BCUT2D eigenvalue weighted by molar-refractivity contribution is -0.258. The van der Waals surface area contributed by atoms with Crippen molar-refractivity contribution >= 4 is 22.4 Å². The molecule has 0 saturated heterocycles. The van der Waals surface area contributed by atoms with E-state index in [1.54, 1.807) is 18.2 Å². The number of hydrogen-bond donors (Lipinski definition) is 2. The molecule has 10 heteroatoms. The standard InChI is InChI=1S/C58H75FN2O7/c1-4-7-8-9-10-11-12-13-14-25-55(64)61(41-42-26-29-46(59)30-27-42)54-40-52(60-66-6-3)50-38-45(23-17-19-34-62)49(24-18-20-35-63)56-51-39-48(67-47-31-28-43-21-15-16-22-44(43)37-47)32-33-53(51)68-58(54,57(50)56)65-36-5-2/h5,15-16,21-22,26-33,37-39,45,49,54,56-57,62-63H,2,4,6-14,17-20,23-25,34-36,40-41H2,1,3H3/t45-,49+,54-,56+,57+,58+/m0/s1. The fourth-order valence-electron chi connectivity index (χ4n) is 11.1. The molecule has 4 aromatic carbocycles. The van der Waals surface area contributed by atoms with Crippen molar-refractivity contribution in [2.24, 2.45) is 22.9 Å². The number of halogens is 1. The fraction of sp³-hybridized carbons (Fsp3) is 0.517. The summed E-state index contributed by atoms with van der Waals surface area (Å²) < 4.78 is 35.8. The van der Waals surface area contributed by atoms with Crippen molar-refractivity contribution in [2.45, 2.75) is 147 Å². The number of ether oxygens (including phenoxy) is 3. The van der Waals surface area contributed by atoms with Crippen LogP contribution in [0.1, 0.15) is 140 Å². The van der Waals surface area contributed by atoms with Crippen LogP contribution in [0.3, 0.4) is 0 Å². The first-order chi connectivity index (χ1) is 33.3. The second kappa shape index (κ2) is 25.5. The van der Waals surface area contributed by atoms with Crippen molar-refractivity contribution in [2.75, 3.05) is 26.4 Å². The zero-order valence-corrected chi connectivity index (χ0v) is 40.6. The van der Waals surface area contributed by atoms with Gasteiger partial charge in [0.25, 0.3) is 0 Å². The average Bonchev–Trinajstić information content (AvgIpc) is 3.35. The first-order valence-electron chi connectivity index (χ1n) is 25.7. The van der Waals surface area contributed by atoms with E-state index in [1.165, 1.54) is 44.2 Å². The van der Waals surface area contributed by atoms with E-state index in [0.717, 1.165) is 90.3 Å². The molecule has 1 amide bonds. The monoisotopic (exact) mass is 931 g/mol. The van der Waals surface area contributed by atoms with E-state index in [4.69, 9.17) is 24.2 Å². The quantitative estimate of drug-likeness (QED) is 0.0332. The SMILES string of the molecule is C=CCO[C@@]12Oc3ccc(Oc4ccc5ccccc5c4)cc3[C@H]3[C@H](CCCCO)[C@@H](CCCCO)C=C(C(=NOCC)C[C@@H]1N(Cc1ccc(F)cc1)C(=O)CCCCCCCCCCC)[C@H]32. The Morgan fingerprint density at radius 2 is 1.53 bits per heavy atom. The predicted octanol–water partition coefficient (Wildman–Crippen LogP) is 13.4. The predicted molar refractivity (Wildman–Crippen MR) is 269 cm³/mol. The molecule has 0 spiro atoms. The first kappa shape index (κ1) is 50.8. The minimum absolute atomic E-state index is 0.0192. The number of aliphatic hydroxyl groups is 2. The Balaban J connectivity index is 1.35. The van der Waals surface area contributed by atoms with Gasteiger partial charge in [0.1, 0.15) is 35.7 Å². The summed E-state index contributed by atoms with van der Waals surface area (Å²) in [6, 6.07) is 26.1. The molecule has 3 aliphatic rings. The van der Waals surface area contributed by atoms with Crippen LogP contribution in [0.2, 0.25) is 0 Å². The Labute approximate surface area is 404 Å². The Bertz CT molecular complexity index is 2300. The molecule has 9 nitrogen and oxygen atoms in total. The lowest BCUT2D eigenvalue weighted by Gasteiger charge is -2.60. The number of aliphatic hydroxyl groups excluding tert-OH is 2. The number of benzene rings is 4. The number of fused-ring (bicyclic) bond motifs is 3. The molecule has 0 radical (unpaired) electrons. The maximum Gasteiger partial charge on any atom is 0.239 e. The molecule has 1 aliphatic heterocycles. The highest BCUT2D eigenvalue weighted by Crippen LogP contribution is 2.62. The number of carbonyl (C=O) groups excluding carboxylic acids is 1. The van der Waals surface area contributed by atoms with Gasteiger partial charge < -0.3 is 34.2 Å². The third kappa shape index (κ3) is 12.4. The molecule has 68 heavy (non-hydrogen) atoms. The van der Waals surface area contributed by atoms with Gasteiger partial charge in [0, 0.05) is 44.1 Å². The van der Waals surface area contributed by atoms with Gasteiger partial charge in [-0.3, -0.25) is 4.79 Å². The van der Waals surface area contributed by atoms with E-state index < -0.39 is 17.7 Å². The summed E-state index contributed by atoms with van der Waals surface area (Å²) in [4.78, 5) is 23.0. The Morgan fingerprint density at radius 3 is 2.25 bits per heavy atom. The molecule has 1 fully saturated rings. The van der Waals surface area contributed by atoms with E-state index >= 15 is 4.79 Å². The smallest absolute Gasteiger partial charge is 0.239 e. The number of nitrogens with zero attached hydrogens (tertiary/aromatic N) is 2. The largest absolute Gasteiger partial charge is 0.459 e. The first-order valence-corrected chi connectivity index (χ1v) is 25.7. The van der Waals surface area contributed by atoms with Gasteiger partial charge in [-0.15, -0.1) is 6.58 Å². The normalized spacial score (nSPS) is 22.2. The average molecular weight is 931 g/mol. The molecule has 1 heterocycles. The number of unbranched alkanes of at least 4 members (excludes halogenated alkanes) is 10. The zero-order valence-electron chi connectivity index (χ0n) is 40.6. The van der Waals surface area contributed by atoms with Gasteiger partial charge in [0.2, 0.25) is 11.7 Å². The highest BCUT2D eigenvalue weighted by atomic mass is 19.1. The van der Waals surface area contributed by atoms with Gasteiger partial charge in [-0.1, -0.05) is 131 Å². The van der Waals surface area contributed by atoms with Crippen LogP contribution in [0.4, 0.5) is 4.39 Å². The summed E-state index contributed by atoms with van der Waals surface area (Å²) in [6.07, 6.45) is 19.6. The Morgan fingerprint density at radius 1 is 0.838 bits per heavy atom. The van der Waals surface area contributed by atoms with E-state index in [1.807, 2.05) is 42.2 Å². The van der Waals surface area contributed by atoms with E-state index in [2.05, 4.69) is 49.9 Å². The van der Waals surface area contributed by atoms with Crippen LogP contribution in [0.5, 0.6) is 17.2 Å². The minimum Gasteiger partial charge on any atom is -0.459 e. The van der Waals surface area contributed by atoms with Gasteiger partial charge in [-0.2, -0.15) is 0 Å². The van der Waals surface area contributed by atoms with Crippen LogP contribution in [0, 0.1) is 23.6 Å². The topological polar surface area (TPSA) is 110 Å². The second-order valence-electron chi connectivity index (χ2n) is 19.0. The number of oxime groups is 1. The van der Waals surface area contributed by atoms with Crippen LogP contribution < -0.4 is 9.47 Å². The van der Waals surface area contributed by atoms with Crippen molar-refractivity contribution in [3.63, 3.8) is 0 Å². The summed E-state index contributed by atoms with van der Waals surface area (Å²) in [5, 5.41) is 27.1. The summed E-state index contributed by atoms with van der Waals surface area (Å²) >= 11 is 0. The Hall–Kier alpha value is -5.03. The molecular weight excluding hydrogens is 856 g/mol. The summed E-state index contributed by atoms with van der Waals surface area (Å²) in [7, 11) is 0. The number of rotatable bonds is 28. The van der Waals surface area contributed by atoms with Gasteiger partial charge in [-0.25, -0.2) is 4.39 Å². The van der Waals surface area contributed by atoms with Gasteiger partial charge in [0.05, 0.1) is 18.2 Å². The molecule has 0 unspecified atom stereocenters. The highest BCUT2D eigenvalue weighted by Gasteiger charge is 2.65. The fourth-order valence-corrected chi connectivity index (χ4v) is 11.1. The van der Waals surface area contributed by atoms with E-state index in [9.17, 15) is 14.6 Å². The maximum atomic E-state index is 15.1. The van der Waals surface area contributed by atoms with E-state index in [-0.39, 0.29) is 55.8 Å². The van der Waals surface area contributed by atoms with Crippen LogP contribution in [0.15, 0.2) is 114 Å². The molecule has 1 saturated carbocycles. The van der Waals surface area contributed by atoms with Gasteiger partial charge in [0.15, 0.2) is 0 Å². The summed E-state index contributed by atoms with van der Waals surface area (Å²) in [5.74, 6) is -0.192. The van der Waals surface area contributed by atoms with Gasteiger partial charge >= 0.3 is 0 Å². The maximum absolute atomic E-state index is 15.1. The number of carbonyl (C=O) groups is 1. The van der Waals surface area contributed by atoms with E-state index in [0.29, 0.717) is 43.8 Å². The van der Waals surface area contributed by atoms with Crippen molar-refractivity contribution in [3.8, 4) is 17.2 Å². The highest BCUT2D eigenvalue weighted by molar-refractivity contribution is 6.03. The van der Waals surface area contributed by atoms with Crippen molar-refractivity contribution in [1.29, 1.82) is 0 Å². The lowest BCUT2D eigenvalue weighted by atomic mass is 9.55. The second-order valence-corrected chi connectivity index (χ2v) is 19.0. The molecule has 7 rings (SSSR count). The lowest BCUT2D eigenvalue weighted by Crippen LogP contribution is -2.70. The van der Waals surface area contributed by atoms with Crippen LogP contribution in [0.25, 0.3) is 10.8 Å².